The third-order valence-electron chi connectivity index (χ3n) is 3.92. The fraction of sp³-hybridized carbons (Fsp3) is 1.00. The summed E-state index contributed by atoms with van der Waals surface area (Å²) >= 11 is 0. The smallest absolute Gasteiger partial charge is 0.0350 e. The van der Waals surface area contributed by atoms with Crippen molar-refractivity contribution in [3.05, 3.63) is 0 Å². The molecular weight excluding hydrogens is 136 g/mol. The van der Waals surface area contributed by atoms with Gasteiger partial charge in [0, 0.05) is 12.1 Å². The van der Waals surface area contributed by atoms with Gasteiger partial charge in [0.2, 0.25) is 0 Å². The highest BCUT2D eigenvalue weighted by atomic mass is 15.2. The van der Waals surface area contributed by atoms with E-state index in [4.69, 9.17) is 0 Å². The van der Waals surface area contributed by atoms with Crippen LogP contribution >= 0.6 is 0 Å². The summed E-state index contributed by atoms with van der Waals surface area (Å²) in [7, 11) is 0. The molecule has 62 valence electrons. The summed E-state index contributed by atoms with van der Waals surface area (Å²) in [5, 5.41) is 3.65. The van der Waals surface area contributed by atoms with E-state index in [1.165, 1.54) is 45.4 Å². The van der Waals surface area contributed by atoms with Crippen LogP contribution in [0.25, 0.3) is 0 Å². The Labute approximate surface area is 68.0 Å². The summed E-state index contributed by atoms with van der Waals surface area (Å²) in [5.74, 6) is 1.02. The van der Waals surface area contributed by atoms with E-state index >= 15 is 0 Å². The lowest BCUT2D eigenvalue weighted by Crippen LogP contribution is -2.72. The highest BCUT2D eigenvalue weighted by Gasteiger charge is 2.49. The number of fused-ring (bicyclic) bond motifs is 2. The third kappa shape index (κ3) is 0.744. The van der Waals surface area contributed by atoms with Crippen LogP contribution in [0.2, 0.25) is 0 Å². The zero-order chi connectivity index (χ0) is 7.31. The van der Waals surface area contributed by atoms with E-state index in [9.17, 15) is 0 Å². The van der Waals surface area contributed by atoms with Crippen molar-refractivity contribution in [1.82, 2.24) is 10.2 Å². The molecule has 0 saturated carbocycles. The first kappa shape index (κ1) is 6.44. The lowest BCUT2D eigenvalue weighted by atomic mass is 9.67. The Kier molecular flexibility index (Phi) is 1.16. The summed E-state index contributed by atoms with van der Waals surface area (Å²) in [6.07, 6.45) is 4.34. The molecule has 11 heavy (non-hydrogen) atoms. The van der Waals surface area contributed by atoms with Crippen molar-refractivity contribution in [2.45, 2.75) is 24.8 Å². The van der Waals surface area contributed by atoms with Gasteiger partial charge in [0.25, 0.3) is 0 Å². The van der Waals surface area contributed by atoms with Crippen LogP contribution in [0.1, 0.15) is 19.3 Å². The first-order chi connectivity index (χ1) is 5.39. The van der Waals surface area contributed by atoms with Gasteiger partial charge in [-0.3, -0.25) is 0 Å². The van der Waals surface area contributed by atoms with E-state index in [1.54, 1.807) is 0 Å². The van der Waals surface area contributed by atoms with Crippen LogP contribution in [-0.4, -0.2) is 36.6 Å². The van der Waals surface area contributed by atoms with Gasteiger partial charge in [0.15, 0.2) is 0 Å². The molecule has 0 amide bonds. The minimum absolute atomic E-state index is 0.594. The maximum Gasteiger partial charge on any atom is 0.0350 e. The zero-order valence-corrected chi connectivity index (χ0v) is 6.97. The molecule has 1 N–H and O–H groups in total. The fourth-order valence-electron chi connectivity index (χ4n) is 3.10. The second kappa shape index (κ2) is 1.99. The zero-order valence-electron chi connectivity index (χ0n) is 6.97. The summed E-state index contributed by atoms with van der Waals surface area (Å²) in [4.78, 5) is 2.63. The largest absolute Gasteiger partial charge is 0.310 e. The highest BCUT2D eigenvalue weighted by molar-refractivity contribution is 5.08. The van der Waals surface area contributed by atoms with E-state index < -0.39 is 0 Å². The Bertz CT molecular complexity index is 166. The monoisotopic (exact) mass is 152 g/mol. The van der Waals surface area contributed by atoms with Crippen LogP contribution in [0.15, 0.2) is 0 Å². The molecule has 2 nitrogen and oxygen atoms in total. The molecule has 4 fully saturated rings. The molecule has 1 spiro atoms. The molecule has 4 heterocycles. The lowest BCUT2D eigenvalue weighted by Gasteiger charge is -2.58. The van der Waals surface area contributed by atoms with Crippen molar-refractivity contribution in [3.8, 4) is 0 Å². The SMILES string of the molecule is C1CC2(CN3CCC2CC3)N1. The fourth-order valence-corrected chi connectivity index (χ4v) is 3.10. The highest BCUT2D eigenvalue weighted by Crippen LogP contribution is 2.40. The standard InChI is InChI=1S/C9H16N2/c1-5-11-6-2-8(1)9(7-11)3-4-10-9/h8,10H,1-7H2. The number of nitrogens with one attached hydrogen (secondary N) is 1. The third-order valence-corrected chi connectivity index (χ3v) is 3.92. The van der Waals surface area contributed by atoms with Gasteiger partial charge in [-0.1, -0.05) is 0 Å². The van der Waals surface area contributed by atoms with Crippen LogP contribution in [-0.2, 0) is 0 Å². The van der Waals surface area contributed by atoms with Gasteiger partial charge in [-0.25, -0.2) is 0 Å². The second-order valence-electron chi connectivity index (χ2n) is 4.38. The second-order valence-corrected chi connectivity index (χ2v) is 4.38. The molecule has 4 aliphatic rings. The predicted molar refractivity (Wildman–Crippen MR) is 44.5 cm³/mol. The van der Waals surface area contributed by atoms with Crippen molar-refractivity contribution in [3.63, 3.8) is 0 Å². The van der Waals surface area contributed by atoms with Gasteiger partial charge in [0.1, 0.15) is 0 Å². The van der Waals surface area contributed by atoms with E-state index in [-0.39, 0.29) is 0 Å². The van der Waals surface area contributed by atoms with Crippen molar-refractivity contribution < 1.29 is 0 Å². The van der Waals surface area contributed by atoms with Gasteiger partial charge in [-0.15, -0.1) is 0 Å². The van der Waals surface area contributed by atoms with Gasteiger partial charge >= 0.3 is 0 Å². The van der Waals surface area contributed by atoms with Crippen LogP contribution in [0.3, 0.4) is 0 Å². The van der Waals surface area contributed by atoms with Crippen molar-refractivity contribution in [2.24, 2.45) is 5.92 Å². The average molecular weight is 152 g/mol. The molecule has 4 saturated heterocycles. The molecule has 0 aliphatic carbocycles. The van der Waals surface area contributed by atoms with Crippen molar-refractivity contribution in [2.75, 3.05) is 26.2 Å². The molecule has 0 radical (unpaired) electrons. The maximum absolute atomic E-state index is 3.65. The molecule has 4 rings (SSSR count). The normalized spacial score (nSPS) is 54.5. The molecular formula is C9H16N2. The van der Waals surface area contributed by atoms with E-state index in [2.05, 4.69) is 10.2 Å². The minimum Gasteiger partial charge on any atom is -0.310 e. The summed E-state index contributed by atoms with van der Waals surface area (Å²) in [6, 6.07) is 0. The van der Waals surface area contributed by atoms with Gasteiger partial charge < -0.3 is 10.2 Å². The average Bonchev–Trinajstić information content (AvgIpc) is 2.04. The minimum atomic E-state index is 0.594. The van der Waals surface area contributed by atoms with Crippen LogP contribution in [0.5, 0.6) is 0 Å². The first-order valence-electron chi connectivity index (χ1n) is 4.86. The molecule has 0 aromatic rings. The summed E-state index contributed by atoms with van der Waals surface area (Å²) in [6.45, 7) is 5.35. The van der Waals surface area contributed by atoms with Crippen LogP contribution in [0.4, 0.5) is 0 Å². The molecule has 2 bridgehead atoms. The molecule has 4 aliphatic heterocycles. The van der Waals surface area contributed by atoms with Gasteiger partial charge in [0.05, 0.1) is 0 Å². The Balaban J connectivity index is 1.86. The van der Waals surface area contributed by atoms with E-state index in [1.807, 2.05) is 0 Å². The van der Waals surface area contributed by atoms with Crippen LogP contribution in [0, 0.1) is 5.92 Å². The predicted octanol–water partition coefficient (Wildman–Crippen LogP) is 0.444. The summed E-state index contributed by atoms with van der Waals surface area (Å²) in [5.41, 5.74) is 0.594. The lowest BCUT2D eigenvalue weighted by molar-refractivity contribution is -0.0313. The maximum atomic E-state index is 3.65. The molecule has 1 unspecified atom stereocenters. The Morgan fingerprint density at radius 1 is 1.27 bits per heavy atom. The number of nitrogens with zero attached hydrogens (tertiary/aromatic N) is 1. The number of hydrogen-bond donors (Lipinski definition) is 1. The number of rotatable bonds is 0. The van der Waals surface area contributed by atoms with Gasteiger partial charge in [-0.05, 0) is 44.8 Å². The Morgan fingerprint density at radius 2 is 2.00 bits per heavy atom. The topological polar surface area (TPSA) is 15.3 Å². The van der Waals surface area contributed by atoms with E-state index in [0.29, 0.717) is 5.54 Å². The number of piperidine rings is 3. The van der Waals surface area contributed by atoms with Gasteiger partial charge in [-0.2, -0.15) is 0 Å². The number of hydrogen-bond acceptors (Lipinski definition) is 2. The summed E-state index contributed by atoms with van der Waals surface area (Å²) < 4.78 is 0. The molecule has 0 aromatic heterocycles. The molecule has 0 aromatic carbocycles. The Morgan fingerprint density at radius 3 is 2.27 bits per heavy atom. The quantitative estimate of drug-likeness (QED) is 0.542. The first-order valence-corrected chi connectivity index (χ1v) is 4.86. The molecule has 2 heteroatoms. The molecule has 1 atom stereocenters. The van der Waals surface area contributed by atoms with Crippen molar-refractivity contribution >= 4 is 0 Å². The van der Waals surface area contributed by atoms with E-state index in [0.717, 1.165) is 5.92 Å². The Hall–Kier alpha value is -0.0800. The van der Waals surface area contributed by atoms with Crippen molar-refractivity contribution in [1.29, 1.82) is 0 Å². The van der Waals surface area contributed by atoms with Crippen LogP contribution < -0.4 is 5.32 Å².